The van der Waals surface area contributed by atoms with Gasteiger partial charge in [-0.3, -0.25) is 14.9 Å². The van der Waals surface area contributed by atoms with Crippen molar-refractivity contribution in [3.05, 3.63) is 38.7 Å². The quantitative estimate of drug-likeness (QED) is 0.507. The fraction of sp³-hybridized carbons (Fsp3) is 0.200. The van der Waals surface area contributed by atoms with E-state index in [1.165, 1.54) is 18.2 Å². The molecule has 7 heteroatoms. The van der Waals surface area contributed by atoms with Crippen LogP contribution in [0.3, 0.4) is 0 Å². The summed E-state index contributed by atoms with van der Waals surface area (Å²) in [5.41, 5.74) is 0.678. The van der Waals surface area contributed by atoms with Gasteiger partial charge in [-0.25, -0.2) is 4.98 Å². The number of carboxylic acid groups (broad SMARTS) is 1. The topological polar surface area (TPSA) is 93.3 Å². The summed E-state index contributed by atoms with van der Waals surface area (Å²) >= 11 is 5.61. The maximum absolute atomic E-state index is 10.6. The number of rotatable bonds is 4. The molecule has 0 aliphatic carbocycles. The van der Waals surface area contributed by atoms with E-state index in [0.717, 1.165) is 0 Å². The predicted octanol–water partition coefficient (Wildman–Crippen LogP) is 2.44. The highest BCUT2D eigenvalue weighted by Gasteiger charge is 2.15. The standard InChI is InChI=1S/C10H9ClN2O4/c1-6-7(3-2-4-9(14)15)5-8(13(16)17)10(11)12-6/h2-3,5H,4H2,1H3,(H,14,15). The first-order valence-corrected chi connectivity index (χ1v) is 4.99. The predicted molar refractivity (Wildman–Crippen MR) is 61.9 cm³/mol. The van der Waals surface area contributed by atoms with Gasteiger partial charge >= 0.3 is 11.7 Å². The van der Waals surface area contributed by atoms with Crippen molar-refractivity contribution in [3.8, 4) is 0 Å². The first-order valence-electron chi connectivity index (χ1n) is 4.61. The number of carbonyl (C=O) groups is 1. The van der Waals surface area contributed by atoms with Gasteiger partial charge in [-0.2, -0.15) is 0 Å². The number of halogens is 1. The molecule has 1 rings (SSSR count). The maximum atomic E-state index is 10.6. The second kappa shape index (κ2) is 5.40. The zero-order chi connectivity index (χ0) is 13.0. The molecule has 1 aromatic heterocycles. The summed E-state index contributed by atoms with van der Waals surface area (Å²) in [4.78, 5) is 24.1. The molecule has 90 valence electrons. The lowest BCUT2D eigenvalue weighted by Gasteiger charge is -2.01. The zero-order valence-corrected chi connectivity index (χ0v) is 9.64. The summed E-state index contributed by atoms with van der Waals surface area (Å²) in [5.74, 6) is -0.977. The number of nitrogens with zero attached hydrogens (tertiary/aromatic N) is 2. The number of pyridine rings is 1. The number of hydrogen-bond donors (Lipinski definition) is 1. The van der Waals surface area contributed by atoms with E-state index in [1.807, 2.05) is 0 Å². The van der Waals surface area contributed by atoms with Crippen LogP contribution < -0.4 is 0 Å². The van der Waals surface area contributed by atoms with E-state index >= 15 is 0 Å². The molecular formula is C10H9ClN2O4. The average Bonchev–Trinajstić information content (AvgIpc) is 2.20. The van der Waals surface area contributed by atoms with Crippen molar-refractivity contribution in [3.63, 3.8) is 0 Å². The third-order valence-corrected chi connectivity index (χ3v) is 2.25. The smallest absolute Gasteiger partial charge is 0.307 e. The molecule has 6 nitrogen and oxygen atoms in total. The third kappa shape index (κ3) is 3.53. The summed E-state index contributed by atoms with van der Waals surface area (Å²) in [5, 5.41) is 18.9. The molecule has 0 radical (unpaired) electrons. The fourth-order valence-electron chi connectivity index (χ4n) is 1.16. The summed E-state index contributed by atoms with van der Waals surface area (Å²) in [7, 11) is 0. The number of nitro groups is 1. The van der Waals surface area contributed by atoms with Crippen LogP contribution >= 0.6 is 11.6 Å². The lowest BCUT2D eigenvalue weighted by Crippen LogP contribution is -1.96. The van der Waals surface area contributed by atoms with Gasteiger partial charge < -0.3 is 5.11 Å². The molecule has 0 saturated carbocycles. The van der Waals surface area contributed by atoms with Crippen LogP contribution in [0.1, 0.15) is 17.7 Å². The molecule has 0 unspecified atom stereocenters. The summed E-state index contributed by atoms with van der Waals surface area (Å²) < 4.78 is 0. The molecule has 0 amide bonds. The SMILES string of the molecule is Cc1nc(Cl)c([N+](=O)[O-])cc1C=CCC(=O)O. The molecule has 0 aromatic carbocycles. The van der Waals surface area contributed by atoms with Gasteiger partial charge in [0.15, 0.2) is 0 Å². The minimum absolute atomic E-state index is 0.157. The van der Waals surface area contributed by atoms with Crippen LogP contribution in [0.4, 0.5) is 5.69 Å². The molecule has 1 aromatic rings. The Morgan fingerprint density at radius 3 is 2.88 bits per heavy atom. The minimum atomic E-state index is -0.977. The normalized spacial score (nSPS) is 10.7. The summed E-state index contributed by atoms with van der Waals surface area (Å²) in [6, 6.07) is 1.27. The number of aromatic nitrogens is 1. The largest absolute Gasteiger partial charge is 0.481 e. The molecule has 0 spiro atoms. The van der Waals surface area contributed by atoms with E-state index < -0.39 is 10.9 Å². The van der Waals surface area contributed by atoms with Crippen molar-refractivity contribution in [2.24, 2.45) is 0 Å². The highest BCUT2D eigenvalue weighted by Crippen LogP contribution is 2.25. The summed E-state index contributed by atoms with van der Waals surface area (Å²) in [6.07, 6.45) is 2.71. The Labute approximate surface area is 102 Å². The van der Waals surface area contributed by atoms with Crippen molar-refractivity contribution >= 4 is 29.3 Å². The van der Waals surface area contributed by atoms with Gasteiger partial charge in [-0.1, -0.05) is 23.8 Å². The van der Waals surface area contributed by atoms with Crippen LogP contribution in [0.25, 0.3) is 6.08 Å². The Kier molecular flexibility index (Phi) is 4.17. The zero-order valence-electron chi connectivity index (χ0n) is 8.88. The van der Waals surface area contributed by atoms with Crippen molar-refractivity contribution < 1.29 is 14.8 Å². The molecule has 0 atom stereocenters. The van der Waals surface area contributed by atoms with Crippen molar-refractivity contribution in [1.82, 2.24) is 4.98 Å². The van der Waals surface area contributed by atoms with E-state index in [0.29, 0.717) is 11.3 Å². The fourth-order valence-corrected chi connectivity index (χ4v) is 1.41. The molecule has 0 fully saturated rings. The number of hydrogen-bond acceptors (Lipinski definition) is 4. The molecule has 1 heterocycles. The second-order valence-electron chi connectivity index (χ2n) is 3.23. The molecule has 0 bridgehead atoms. The highest BCUT2D eigenvalue weighted by molar-refractivity contribution is 6.31. The minimum Gasteiger partial charge on any atom is -0.481 e. The van der Waals surface area contributed by atoms with E-state index in [-0.39, 0.29) is 17.3 Å². The van der Waals surface area contributed by atoms with Gasteiger partial charge in [0.2, 0.25) is 5.15 Å². The van der Waals surface area contributed by atoms with Crippen LogP contribution in [0.2, 0.25) is 5.15 Å². The van der Waals surface area contributed by atoms with Crippen molar-refractivity contribution in [2.45, 2.75) is 13.3 Å². The Morgan fingerprint density at radius 2 is 2.35 bits per heavy atom. The first kappa shape index (κ1) is 13.1. The van der Waals surface area contributed by atoms with Crippen LogP contribution in [-0.4, -0.2) is 21.0 Å². The number of carboxylic acids is 1. The molecule has 17 heavy (non-hydrogen) atoms. The molecular weight excluding hydrogens is 248 g/mol. The van der Waals surface area contributed by atoms with Gasteiger partial charge in [0.05, 0.1) is 11.3 Å². The van der Waals surface area contributed by atoms with Crippen molar-refractivity contribution in [2.75, 3.05) is 0 Å². The lowest BCUT2D eigenvalue weighted by atomic mass is 10.1. The third-order valence-electron chi connectivity index (χ3n) is 1.97. The monoisotopic (exact) mass is 256 g/mol. The molecule has 1 N–H and O–H groups in total. The Morgan fingerprint density at radius 1 is 1.71 bits per heavy atom. The average molecular weight is 257 g/mol. The molecule has 0 aliphatic rings. The van der Waals surface area contributed by atoms with Gasteiger partial charge in [-0.05, 0) is 6.92 Å². The van der Waals surface area contributed by atoms with E-state index in [9.17, 15) is 14.9 Å². The lowest BCUT2D eigenvalue weighted by molar-refractivity contribution is -0.385. The highest BCUT2D eigenvalue weighted by atomic mass is 35.5. The van der Waals surface area contributed by atoms with Crippen molar-refractivity contribution in [1.29, 1.82) is 0 Å². The first-order chi connectivity index (χ1) is 7.91. The van der Waals surface area contributed by atoms with Crippen LogP contribution in [-0.2, 0) is 4.79 Å². The Bertz CT molecular complexity index is 499. The Balaban J connectivity index is 3.07. The maximum Gasteiger partial charge on any atom is 0.307 e. The van der Waals surface area contributed by atoms with Gasteiger partial charge in [-0.15, -0.1) is 0 Å². The number of aliphatic carboxylic acids is 1. The van der Waals surface area contributed by atoms with Crippen LogP contribution in [0, 0.1) is 17.0 Å². The Hall–Kier alpha value is -1.95. The summed E-state index contributed by atoms with van der Waals surface area (Å²) in [6.45, 7) is 1.63. The van der Waals surface area contributed by atoms with E-state index in [2.05, 4.69) is 4.98 Å². The van der Waals surface area contributed by atoms with Gasteiger partial charge in [0, 0.05) is 17.3 Å². The van der Waals surface area contributed by atoms with Gasteiger partial charge in [0.1, 0.15) is 0 Å². The number of aryl methyl sites for hydroxylation is 1. The van der Waals surface area contributed by atoms with Crippen LogP contribution in [0.15, 0.2) is 12.1 Å². The molecule has 0 aliphatic heterocycles. The van der Waals surface area contributed by atoms with E-state index in [1.54, 1.807) is 6.92 Å². The van der Waals surface area contributed by atoms with Crippen LogP contribution in [0.5, 0.6) is 0 Å². The second-order valence-corrected chi connectivity index (χ2v) is 3.59. The van der Waals surface area contributed by atoms with E-state index in [4.69, 9.17) is 16.7 Å². The molecule has 0 saturated heterocycles. The van der Waals surface area contributed by atoms with Gasteiger partial charge in [0.25, 0.3) is 0 Å².